The van der Waals surface area contributed by atoms with Gasteiger partial charge in [-0.25, -0.2) is 4.98 Å². The number of carbonyl (C=O) groups is 1. The molecule has 0 spiro atoms. The Morgan fingerprint density at radius 3 is 3.00 bits per heavy atom. The van der Waals surface area contributed by atoms with Crippen LogP contribution in [0.3, 0.4) is 0 Å². The topological polar surface area (TPSA) is 60.5 Å². The van der Waals surface area contributed by atoms with Gasteiger partial charge in [-0.15, -0.1) is 0 Å². The molecule has 0 unspecified atom stereocenters. The lowest BCUT2D eigenvalue weighted by molar-refractivity contribution is 0.0943. The van der Waals surface area contributed by atoms with Crippen LogP contribution in [-0.4, -0.2) is 35.6 Å². The smallest absolute Gasteiger partial charge is 0.257 e. The second-order valence-electron chi connectivity index (χ2n) is 5.45. The van der Waals surface area contributed by atoms with Crippen molar-refractivity contribution in [2.24, 2.45) is 0 Å². The zero-order valence-corrected chi connectivity index (χ0v) is 14.3. The Hall–Kier alpha value is -2.21. The third-order valence-corrected chi connectivity index (χ3v) is 4.95. The number of para-hydroxylation sites is 1. The first-order chi connectivity index (χ1) is 11.8. The highest BCUT2D eigenvalue weighted by molar-refractivity contribution is 7.99. The van der Waals surface area contributed by atoms with Crippen molar-refractivity contribution in [1.29, 1.82) is 0 Å². The molecule has 2 heterocycles. The number of hydrogen-bond acceptors (Lipinski definition) is 5. The molecule has 1 aromatic heterocycles. The van der Waals surface area contributed by atoms with Crippen LogP contribution in [0.15, 0.2) is 42.6 Å². The van der Waals surface area contributed by atoms with Crippen LogP contribution in [0.4, 0.5) is 0 Å². The van der Waals surface area contributed by atoms with Gasteiger partial charge in [0, 0.05) is 24.1 Å². The number of methoxy groups -OCH3 is 1. The summed E-state index contributed by atoms with van der Waals surface area (Å²) >= 11 is 1.86. The molecule has 1 fully saturated rings. The van der Waals surface area contributed by atoms with Gasteiger partial charge in [0.05, 0.1) is 7.11 Å². The molecule has 24 heavy (non-hydrogen) atoms. The molecule has 0 radical (unpaired) electrons. The Labute approximate surface area is 145 Å². The highest BCUT2D eigenvalue weighted by Gasteiger charge is 2.21. The molecule has 3 rings (SSSR count). The van der Waals surface area contributed by atoms with E-state index in [1.165, 1.54) is 0 Å². The summed E-state index contributed by atoms with van der Waals surface area (Å²) in [6.45, 7) is 0.385. The Morgan fingerprint density at radius 1 is 1.33 bits per heavy atom. The maximum Gasteiger partial charge on any atom is 0.257 e. The van der Waals surface area contributed by atoms with E-state index in [0.29, 0.717) is 18.0 Å². The van der Waals surface area contributed by atoms with Crippen LogP contribution in [0.5, 0.6) is 11.6 Å². The van der Waals surface area contributed by atoms with E-state index < -0.39 is 0 Å². The van der Waals surface area contributed by atoms with E-state index in [1.807, 2.05) is 36.0 Å². The van der Waals surface area contributed by atoms with Gasteiger partial charge in [0.2, 0.25) is 5.88 Å². The van der Waals surface area contributed by atoms with E-state index in [1.54, 1.807) is 25.4 Å². The molecule has 126 valence electrons. The van der Waals surface area contributed by atoms with Gasteiger partial charge in [-0.1, -0.05) is 18.2 Å². The minimum Gasteiger partial charge on any atom is -0.496 e. The third kappa shape index (κ3) is 4.00. The molecule has 1 amide bonds. The molecule has 5 nitrogen and oxygen atoms in total. The van der Waals surface area contributed by atoms with Crippen molar-refractivity contribution in [3.63, 3.8) is 0 Å². The van der Waals surface area contributed by atoms with Crippen molar-refractivity contribution in [1.82, 2.24) is 10.3 Å². The summed E-state index contributed by atoms with van der Waals surface area (Å²) in [4.78, 5) is 16.8. The average molecular weight is 344 g/mol. The summed E-state index contributed by atoms with van der Waals surface area (Å²) in [5.41, 5.74) is 1.39. The number of carbonyl (C=O) groups excluding carboxylic acids is 1. The highest BCUT2D eigenvalue weighted by atomic mass is 32.2. The lowest BCUT2D eigenvalue weighted by Gasteiger charge is -2.15. The SMILES string of the molecule is COc1ccccc1CNC(=O)c1cccnc1O[C@H]1CCSC1. The lowest BCUT2D eigenvalue weighted by Crippen LogP contribution is -2.25. The molecule has 1 aromatic carbocycles. The van der Waals surface area contributed by atoms with Gasteiger partial charge in [0.25, 0.3) is 5.91 Å². The maximum absolute atomic E-state index is 12.5. The van der Waals surface area contributed by atoms with E-state index in [2.05, 4.69) is 10.3 Å². The van der Waals surface area contributed by atoms with Gasteiger partial charge in [-0.2, -0.15) is 11.8 Å². The van der Waals surface area contributed by atoms with Gasteiger partial charge in [0.1, 0.15) is 17.4 Å². The number of amides is 1. The number of nitrogens with zero attached hydrogens (tertiary/aromatic N) is 1. The summed E-state index contributed by atoms with van der Waals surface area (Å²) in [5, 5.41) is 2.91. The van der Waals surface area contributed by atoms with E-state index in [0.717, 1.165) is 29.2 Å². The molecule has 1 aliphatic heterocycles. The van der Waals surface area contributed by atoms with E-state index in [-0.39, 0.29) is 12.0 Å². The van der Waals surface area contributed by atoms with Crippen molar-refractivity contribution in [3.05, 3.63) is 53.7 Å². The zero-order valence-electron chi connectivity index (χ0n) is 13.5. The number of ether oxygens (including phenoxy) is 2. The summed E-state index contributed by atoms with van der Waals surface area (Å²) in [6.07, 6.45) is 2.77. The molecule has 1 saturated heterocycles. The van der Waals surface area contributed by atoms with Crippen LogP contribution in [0, 0.1) is 0 Å². The number of pyridine rings is 1. The summed E-state index contributed by atoms with van der Waals surface area (Å²) in [5.74, 6) is 2.99. The largest absolute Gasteiger partial charge is 0.496 e. The molecular formula is C18H20N2O3S. The Morgan fingerprint density at radius 2 is 2.21 bits per heavy atom. The minimum atomic E-state index is -0.199. The average Bonchev–Trinajstić information content (AvgIpc) is 3.13. The van der Waals surface area contributed by atoms with Crippen LogP contribution in [-0.2, 0) is 6.54 Å². The van der Waals surface area contributed by atoms with Crippen molar-refractivity contribution < 1.29 is 14.3 Å². The fourth-order valence-corrected chi connectivity index (χ4v) is 3.63. The van der Waals surface area contributed by atoms with Crippen molar-refractivity contribution in [2.45, 2.75) is 19.1 Å². The predicted molar refractivity (Wildman–Crippen MR) is 94.8 cm³/mol. The van der Waals surface area contributed by atoms with Gasteiger partial charge < -0.3 is 14.8 Å². The number of benzene rings is 1. The fraction of sp³-hybridized carbons (Fsp3) is 0.333. The molecular weight excluding hydrogens is 324 g/mol. The molecule has 2 aromatic rings. The molecule has 0 saturated carbocycles. The quantitative estimate of drug-likeness (QED) is 0.873. The maximum atomic E-state index is 12.5. The van der Waals surface area contributed by atoms with Crippen LogP contribution in [0.2, 0.25) is 0 Å². The van der Waals surface area contributed by atoms with Crippen LogP contribution in [0.1, 0.15) is 22.3 Å². The number of aromatic nitrogens is 1. The predicted octanol–water partition coefficient (Wildman–Crippen LogP) is 2.90. The number of thioether (sulfide) groups is 1. The van der Waals surface area contributed by atoms with Crippen LogP contribution < -0.4 is 14.8 Å². The van der Waals surface area contributed by atoms with Crippen LogP contribution in [0.25, 0.3) is 0 Å². The first kappa shape index (κ1) is 16.6. The van der Waals surface area contributed by atoms with E-state index in [9.17, 15) is 4.79 Å². The number of hydrogen-bond donors (Lipinski definition) is 1. The van der Waals surface area contributed by atoms with Crippen LogP contribution >= 0.6 is 11.8 Å². The number of nitrogens with one attached hydrogen (secondary N) is 1. The van der Waals surface area contributed by atoms with E-state index in [4.69, 9.17) is 9.47 Å². The third-order valence-electron chi connectivity index (χ3n) is 3.81. The van der Waals surface area contributed by atoms with Crippen molar-refractivity contribution in [3.8, 4) is 11.6 Å². The first-order valence-corrected chi connectivity index (χ1v) is 9.03. The zero-order chi connectivity index (χ0) is 16.8. The monoisotopic (exact) mass is 344 g/mol. The molecule has 6 heteroatoms. The Balaban J connectivity index is 1.68. The first-order valence-electron chi connectivity index (χ1n) is 7.87. The summed E-state index contributed by atoms with van der Waals surface area (Å²) in [7, 11) is 1.62. The number of rotatable bonds is 6. The Kier molecular flexibility index (Phi) is 5.59. The molecule has 0 aliphatic carbocycles. The van der Waals surface area contributed by atoms with Crippen molar-refractivity contribution in [2.75, 3.05) is 18.6 Å². The highest BCUT2D eigenvalue weighted by Crippen LogP contribution is 2.24. The summed E-state index contributed by atoms with van der Waals surface area (Å²) in [6, 6.07) is 11.1. The fourth-order valence-electron chi connectivity index (χ4n) is 2.54. The second kappa shape index (κ2) is 8.06. The Bertz CT molecular complexity index is 702. The standard InChI is InChI=1S/C18H20N2O3S/c1-22-16-7-3-2-5-13(16)11-20-17(21)15-6-4-9-19-18(15)23-14-8-10-24-12-14/h2-7,9,14H,8,10-12H2,1H3,(H,20,21)/t14-/m0/s1. The van der Waals surface area contributed by atoms with Gasteiger partial charge in [-0.3, -0.25) is 4.79 Å². The molecule has 1 aliphatic rings. The van der Waals surface area contributed by atoms with E-state index >= 15 is 0 Å². The minimum absolute atomic E-state index is 0.130. The normalized spacial score (nSPS) is 16.6. The molecule has 0 bridgehead atoms. The second-order valence-corrected chi connectivity index (χ2v) is 6.60. The summed E-state index contributed by atoms with van der Waals surface area (Å²) < 4.78 is 11.2. The van der Waals surface area contributed by atoms with Gasteiger partial charge >= 0.3 is 0 Å². The van der Waals surface area contributed by atoms with Gasteiger partial charge in [0.15, 0.2) is 0 Å². The molecule has 1 atom stereocenters. The molecule has 1 N–H and O–H groups in total. The van der Waals surface area contributed by atoms with Gasteiger partial charge in [-0.05, 0) is 30.4 Å². The van der Waals surface area contributed by atoms with Crippen molar-refractivity contribution >= 4 is 17.7 Å². The lowest BCUT2D eigenvalue weighted by atomic mass is 10.2.